The summed E-state index contributed by atoms with van der Waals surface area (Å²) < 4.78 is 5.40. The van der Waals surface area contributed by atoms with E-state index < -0.39 is 6.04 Å². The molecule has 0 aromatic heterocycles. The highest BCUT2D eigenvalue weighted by Gasteiger charge is 2.11. The highest BCUT2D eigenvalue weighted by atomic mass is 16.5. The van der Waals surface area contributed by atoms with Crippen LogP contribution in [0.25, 0.3) is 0 Å². The summed E-state index contributed by atoms with van der Waals surface area (Å²) in [4.78, 5) is 14.2. The lowest BCUT2D eigenvalue weighted by atomic mass is 10.2. The van der Waals surface area contributed by atoms with Crippen molar-refractivity contribution in [1.29, 1.82) is 0 Å². The number of hydrogen-bond acceptors (Lipinski definition) is 5. The zero-order valence-corrected chi connectivity index (χ0v) is 15.7. The molecule has 2 aromatic rings. The Morgan fingerprint density at radius 2 is 1.81 bits per heavy atom. The van der Waals surface area contributed by atoms with E-state index in [0.717, 1.165) is 22.7 Å². The van der Waals surface area contributed by atoms with Crippen LogP contribution in [0.3, 0.4) is 0 Å². The minimum Gasteiger partial charge on any atom is -0.494 e. The fourth-order valence-electron chi connectivity index (χ4n) is 2.26. The van der Waals surface area contributed by atoms with Crippen LogP contribution in [0.2, 0.25) is 0 Å². The fourth-order valence-corrected chi connectivity index (χ4v) is 2.26. The van der Waals surface area contributed by atoms with Crippen LogP contribution in [0.15, 0.2) is 53.6 Å². The molecule has 0 aliphatic rings. The Bertz CT molecular complexity index is 724. The molecule has 0 radical (unpaired) electrons. The number of nitrogens with one attached hydrogen (secondary N) is 2. The largest absolute Gasteiger partial charge is 0.494 e. The van der Waals surface area contributed by atoms with E-state index in [4.69, 9.17) is 4.74 Å². The maximum absolute atomic E-state index is 12.1. The Morgan fingerprint density at radius 1 is 1.15 bits per heavy atom. The van der Waals surface area contributed by atoms with Gasteiger partial charge in [0.05, 0.1) is 12.8 Å². The monoisotopic (exact) mass is 354 g/mol. The molecule has 0 saturated carbocycles. The van der Waals surface area contributed by atoms with Crippen molar-refractivity contribution < 1.29 is 9.53 Å². The van der Waals surface area contributed by atoms with Crippen molar-refractivity contribution in [1.82, 2.24) is 5.43 Å². The summed E-state index contributed by atoms with van der Waals surface area (Å²) in [7, 11) is 3.98. The summed E-state index contributed by atoms with van der Waals surface area (Å²) >= 11 is 0. The molecule has 2 N–H and O–H groups in total. The van der Waals surface area contributed by atoms with E-state index >= 15 is 0 Å². The van der Waals surface area contributed by atoms with Gasteiger partial charge in [0, 0.05) is 25.5 Å². The first-order valence-electron chi connectivity index (χ1n) is 8.59. The van der Waals surface area contributed by atoms with Gasteiger partial charge < -0.3 is 15.0 Å². The molecule has 0 heterocycles. The summed E-state index contributed by atoms with van der Waals surface area (Å²) in [6, 6.07) is 15.0. The zero-order valence-electron chi connectivity index (χ0n) is 15.7. The number of carbonyl (C=O) groups excluding carboxylic acids is 1. The van der Waals surface area contributed by atoms with E-state index in [1.807, 2.05) is 74.4 Å². The maximum Gasteiger partial charge on any atom is 0.262 e. The number of amides is 1. The Kier molecular flexibility index (Phi) is 7.02. The Balaban J connectivity index is 1.84. The SMILES string of the molecule is CCOc1ccc(NC(C)C(=O)N/N=C/c2ccc(N(C)C)cc2)cc1. The van der Waals surface area contributed by atoms with E-state index in [9.17, 15) is 4.79 Å². The van der Waals surface area contributed by atoms with E-state index in [1.54, 1.807) is 13.1 Å². The number of carbonyl (C=O) groups is 1. The second kappa shape index (κ2) is 9.46. The average Bonchev–Trinajstić information content (AvgIpc) is 2.64. The van der Waals surface area contributed by atoms with Gasteiger partial charge in [0.2, 0.25) is 0 Å². The van der Waals surface area contributed by atoms with Gasteiger partial charge in [-0.1, -0.05) is 12.1 Å². The summed E-state index contributed by atoms with van der Waals surface area (Å²) in [5.41, 5.74) is 5.43. The minimum atomic E-state index is -0.416. The van der Waals surface area contributed by atoms with Crippen LogP contribution >= 0.6 is 0 Å². The lowest BCUT2D eigenvalue weighted by Gasteiger charge is -2.14. The normalized spacial score (nSPS) is 11.8. The molecule has 1 amide bonds. The quantitative estimate of drug-likeness (QED) is 0.565. The lowest BCUT2D eigenvalue weighted by molar-refractivity contribution is -0.121. The number of rotatable bonds is 8. The van der Waals surface area contributed by atoms with Gasteiger partial charge in [0.1, 0.15) is 11.8 Å². The first kappa shape index (κ1) is 19.3. The number of ether oxygens (including phenoxy) is 1. The number of benzene rings is 2. The second-order valence-electron chi connectivity index (χ2n) is 6.04. The fraction of sp³-hybridized carbons (Fsp3) is 0.300. The van der Waals surface area contributed by atoms with Gasteiger partial charge in [-0.25, -0.2) is 5.43 Å². The third kappa shape index (κ3) is 5.81. The molecule has 0 aliphatic heterocycles. The van der Waals surface area contributed by atoms with Crippen molar-refractivity contribution in [2.45, 2.75) is 19.9 Å². The van der Waals surface area contributed by atoms with E-state index in [0.29, 0.717) is 6.61 Å². The van der Waals surface area contributed by atoms with E-state index in [1.165, 1.54) is 0 Å². The molecule has 0 spiro atoms. The summed E-state index contributed by atoms with van der Waals surface area (Å²) in [5, 5.41) is 7.15. The number of nitrogens with zero attached hydrogens (tertiary/aromatic N) is 2. The predicted octanol–water partition coefficient (Wildman–Crippen LogP) is 3.10. The van der Waals surface area contributed by atoms with Gasteiger partial charge in [0.25, 0.3) is 5.91 Å². The van der Waals surface area contributed by atoms with Crippen molar-refractivity contribution in [3.8, 4) is 5.75 Å². The maximum atomic E-state index is 12.1. The van der Waals surface area contributed by atoms with Gasteiger partial charge in [0.15, 0.2) is 0 Å². The first-order chi connectivity index (χ1) is 12.5. The van der Waals surface area contributed by atoms with Crippen LogP contribution < -0.4 is 20.4 Å². The topological polar surface area (TPSA) is 66.0 Å². The predicted molar refractivity (Wildman–Crippen MR) is 107 cm³/mol. The number of hydrogen-bond donors (Lipinski definition) is 2. The van der Waals surface area contributed by atoms with Crippen molar-refractivity contribution >= 4 is 23.5 Å². The van der Waals surface area contributed by atoms with Crippen LogP contribution in [0.1, 0.15) is 19.4 Å². The van der Waals surface area contributed by atoms with Gasteiger partial charge >= 0.3 is 0 Å². The Morgan fingerprint density at radius 3 is 2.38 bits per heavy atom. The molecule has 1 unspecified atom stereocenters. The molecule has 2 rings (SSSR count). The highest BCUT2D eigenvalue weighted by Crippen LogP contribution is 2.16. The lowest BCUT2D eigenvalue weighted by Crippen LogP contribution is -2.34. The van der Waals surface area contributed by atoms with Crippen molar-refractivity contribution in [2.75, 3.05) is 30.9 Å². The summed E-state index contributed by atoms with van der Waals surface area (Å²) in [6.45, 7) is 4.35. The molecule has 1 atom stereocenters. The highest BCUT2D eigenvalue weighted by molar-refractivity contribution is 5.86. The van der Waals surface area contributed by atoms with Crippen LogP contribution in [0.5, 0.6) is 5.75 Å². The molecule has 6 heteroatoms. The van der Waals surface area contributed by atoms with Crippen LogP contribution in [0.4, 0.5) is 11.4 Å². The molecule has 0 aliphatic carbocycles. The smallest absolute Gasteiger partial charge is 0.262 e. The Hall–Kier alpha value is -3.02. The van der Waals surface area contributed by atoms with Gasteiger partial charge in [-0.15, -0.1) is 0 Å². The number of anilines is 2. The minimum absolute atomic E-state index is 0.208. The van der Waals surface area contributed by atoms with Crippen molar-refractivity contribution in [3.63, 3.8) is 0 Å². The third-order valence-corrected chi connectivity index (χ3v) is 3.74. The zero-order chi connectivity index (χ0) is 18.9. The first-order valence-corrected chi connectivity index (χ1v) is 8.59. The van der Waals surface area contributed by atoms with Crippen LogP contribution in [-0.4, -0.2) is 38.9 Å². The van der Waals surface area contributed by atoms with Crippen molar-refractivity contribution in [2.24, 2.45) is 5.10 Å². The summed E-state index contributed by atoms with van der Waals surface area (Å²) in [5.74, 6) is 0.597. The van der Waals surface area contributed by atoms with Gasteiger partial charge in [-0.3, -0.25) is 4.79 Å². The third-order valence-electron chi connectivity index (χ3n) is 3.74. The number of hydrazone groups is 1. The second-order valence-corrected chi connectivity index (χ2v) is 6.04. The van der Waals surface area contributed by atoms with Crippen LogP contribution in [-0.2, 0) is 4.79 Å². The molecule has 138 valence electrons. The molecule has 26 heavy (non-hydrogen) atoms. The summed E-state index contributed by atoms with van der Waals surface area (Å²) in [6.07, 6.45) is 1.63. The van der Waals surface area contributed by atoms with Crippen molar-refractivity contribution in [3.05, 3.63) is 54.1 Å². The molecule has 0 fully saturated rings. The van der Waals surface area contributed by atoms with E-state index in [2.05, 4.69) is 15.8 Å². The van der Waals surface area contributed by atoms with E-state index in [-0.39, 0.29) is 5.91 Å². The average molecular weight is 354 g/mol. The molecule has 0 saturated heterocycles. The molecular formula is C20H26N4O2. The molecular weight excluding hydrogens is 328 g/mol. The van der Waals surface area contributed by atoms with Gasteiger partial charge in [-0.2, -0.15) is 5.10 Å². The Labute approximate surface area is 154 Å². The molecule has 0 bridgehead atoms. The molecule has 2 aromatic carbocycles. The van der Waals surface area contributed by atoms with Crippen LogP contribution in [0, 0.1) is 0 Å². The molecule has 6 nitrogen and oxygen atoms in total. The van der Waals surface area contributed by atoms with Gasteiger partial charge in [-0.05, 0) is 55.8 Å². The standard InChI is InChI=1S/C20H26N4O2/c1-5-26-19-12-8-17(9-13-19)22-15(2)20(25)23-21-14-16-6-10-18(11-7-16)24(3)4/h6-15,22H,5H2,1-4H3,(H,23,25)/b21-14+.